The van der Waals surface area contributed by atoms with Crippen LogP contribution in [-0.4, -0.2) is 23.9 Å². The molecule has 34 heavy (non-hydrogen) atoms. The number of alkyl halides is 1. The summed E-state index contributed by atoms with van der Waals surface area (Å²) in [5.74, 6) is -0.125. The van der Waals surface area contributed by atoms with Crippen molar-refractivity contribution >= 4 is 31.4 Å². The number of nitrogens with two attached hydrogens (primary N) is 1. The van der Waals surface area contributed by atoms with Crippen molar-refractivity contribution in [3.8, 4) is 17.2 Å². The zero-order valence-electron chi connectivity index (χ0n) is 19.1. The molecule has 0 heterocycles. The average Bonchev–Trinajstić information content (AvgIpc) is 2.83. The van der Waals surface area contributed by atoms with Crippen molar-refractivity contribution in [2.24, 2.45) is 5.73 Å². The topological polar surface area (TPSA) is 97.1 Å². The van der Waals surface area contributed by atoms with Gasteiger partial charge in [-0.05, 0) is 0 Å². The van der Waals surface area contributed by atoms with Gasteiger partial charge in [0, 0.05) is 0 Å². The minimum atomic E-state index is -5.40. The predicted molar refractivity (Wildman–Crippen MR) is 133 cm³/mol. The molecule has 0 bridgehead atoms. The summed E-state index contributed by atoms with van der Waals surface area (Å²) in [5.41, 5.74) is 7.63. The van der Waals surface area contributed by atoms with E-state index in [1.807, 2.05) is 18.2 Å². The Morgan fingerprint density at radius 2 is 1.18 bits per heavy atom. The fourth-order valence-corrected chi connectivity index (χ4v) is 6.56. The van der Waals surface area contributed by atoms with Crippen molar-refractivity contribution in [2.75, 3.05) is 6.54 Å². The first-order chi connectivity index (χ1) is 16.2. The van der Waals surface area contributed by atoms with Crippen molar-refractivity contribution in [2.45, 2.75) is 25.9 Å². The van der Waals surface area contributed by atoms with Crippen molar-refractivity contribution < 1.29 is 27.7 Å². The zero-order chi connectivity index (χ0) is 24.8. The molecular weight excluding hydrogens is 477 g/mol. The second-order valence-electron chi connectivity index (χ2n) is 7.62. The van der Waals surface area contributed by atoms with Gasteiger partial charge in [0.05, 0.1) is 0 Å². The first-order valence-electron chi connectivity index (χ1n) is 10.5. The molecule has 1 unspecified atom stereocenters. The predicted octanol–water partition coefficient (Wildman–Crippen LogP) is 5.63. The van der Waals surface area contributed by atoms with Gasteiger partial charge < -0.3 is 0 Å². The molecule has 0 aliphatic carbocycles. The van der Waals surface area contributed by atoms with Crippen LogP contribution in [0.15, 0.2) is 72.8 Å². The third-order valence-electron chi connectivity index (χ3n) is 5.02. The summed E-state index contributed by atoms with van der Waals surface area (Å²) in [6.07, 6.45) is 0.373. The molecule has 9 heteroatoms. The summed E-state index contributed by atoms with van der Waals surface area (Å²) < 4.78 is 25.0. The molecule has 1 atom stereocenters. The molecular formula is C25H27ClNO6P. The Morgan fingerprint density at radius 3 is 1.47 bits per heavy atom. The molecule has 0 aliphatic heterocycles. The molecule has 0 saturated carbocycles. The zero-order valence-corrected chi connectivity index (χ0v) is 20.8. The number of hydrogen-bond acceptors (Lipinski definition) is 7. The Bertz CT molecular complexity index is 1070. The first kappa shape index (κ1) is 25.5. The fraction of sp³-hybridized carbons (Fsp3) is 0.200. The number of hydrogen-bond donors (Lipinski definition) is 1. The van der Waals surface area contributed by atoms with Gasteiger partial charge in [-0.3, -0.25) is 0 Å². The van der Waals surface area contributed by atoms with Crippen LogP contribution in [0, 0.1) is 20.8 Å². The van der Waals surface area contributed by atoms with E-state index in [-0.39, 0.29) is 17.2 Å². The minimum absolute atomic E-state index is 0.264. The Hall–Kier alpha value is -3.12. The molecule has 0 saturated heterocycles. The van der Waals surface area contributed by atoms with Gasteiger partial charge in [0.15, 0.2) is 0 Å². The van der Waals surface area contributed by atoms with Crippen LogP contribution >= 0.6 is 19.1 Å². The van der Waals surface area contributed by atoms with Gasteiger partial charge >= 0.3 is 204 Å². The van der Waals surface area contributed by atoms with Crippen LogP contribution in [0.25, 0.3) is 0 Å². The van der Waals surface area contributed by atoms with Gasteiger partial charge in [0.25, 0.3) is 0 Å². The quantitative estimate of drug-likeness (QED) is 0.217. The average molecular weight is 504 g/mol. The van der Waals surface area contributed by atoms with E-state index in [9.17, 15) is 9.59 Å². The summed E-state index contributed by atoms with van der Waals surface area (Å²) in [4.78, 5) is 25.0. The monoisotopic (exact) mass is 503 g/mol. The van der Waals surface area contributed by atoms with E-state index in [4.69, 9.17) is 35.4 Å². The van der Waals surface area contributed by atoms with E-state index in [1.165, 1.54) is 0 Å². The Kier molecular flexibility index (Phi) is 7.82. The summed E-state index contributed by atoms with van der Waals surface area (Å²) in [6.45, 7) is 4.84. The van der Waals surface area contributed by atoms with Gasteiger partial charge in [-0.25, -0.2) is 0 Å². The molecule has 3 aromatic rings. The van der Waals surface area contributed by atoms with Gasteiger partial charge in [-0.2, -0.15) is 0 Å². The normalized spacial score (nSPS) is 13.1. The van der Waals surface area contributed by atoms with Crippen molar-refractivity contribution in [3.05, 3.63) is 89.5 Å². The van der Waals surface area contributed by atoms with Gasteiger partial charge in [-0.1, -0.05) is 0 Å². The number of aryl methyl sites for hydroxylation is 3. The summed E-state index contributed by atoms with van der Waals surface area (Å²) in [5, 5.41) is -1.67. The number of rotatable bonds is 10. The number of para-hydroxylation sites is 3. The Morgan fingerprint density at radius 1 is 0.824 bits per heavy atom. The SMILES string of the molecule is Cc1ccccc1OP(OC(=O)CN)(Oc1ccccc1C)(Oc1ccccc1C)C(Cl)C=O. The molecule has 3 rings (SSSR count). The van der Waals surface area contributed by atoms with E-state index in [0.717, 1.165) is 0 Å². The molecule has 2 N–H and O–H groups in total. The molecule has 180 valence electrons. The molecule has 0 aromatic heterocycles. The number of carbonyl (C=O) groups excluding carboxylic acids is 2. The van der Waals surface area contributed by atoms with Crippen molar-refractivity contribution in [1.29, 1.82) is 0 Å². The number of halogens is 1. The first-order valence-corrected chi connectivity index (χ1v) is 13.0. The van der Waals surface area contributed by atoms with Crippen LogP contribution in [0.5, 0.6) is 17.2 Å². The van der Waals surface area contributed by atoms with E-state index in [1.54, 1.807) is 75.4 Å². The van der Waals surface area contributed by atoms with Crippen LogP contribution in [0.3, 0.4) is 0 Å². The van der Waals surface area contributed by atoms with Gasteiger partial charge in [0.1, 0.15) is 0 Å². The van der Waals surface area contributed by atoms with Crippen LogP contribution < -0.4 is 19.3 Å². The van der Waals surface area contributed by atoms with Crippen LogP contribution in [0.1, 0.15) is 16.7 Å². The third kappa shape index (κ3) is 5.17. The maximum atomic E-state index is 12.7. The van der Waals surface area contributed by atoms with E-state index < -0.39 is 25.1 Å². The Balaban J connectivity index is 2.37. The molecule has 3 aromatic carbocycles. The summed E-state index contributed by atoms with van der Waals surface area (Å²) in [7, 11) is -5.40. The standard InChI is InChI=1S/C25H27ClNO6P/c1-18-10-4-7-13-21(18)30-34(24(26)17-28,33-25(29)16-27,31-22-14-8-5-11-19(22)2)32-23-15-9-6-12-20(23)3/h4-15,17,24H,16,27H2,1-3H3. The van der Waals surface area contributed by atoms with Gasteiger partial charge in [0.2, 0.25) is 0 Å². The fourth-order valence-electron chi connectivity index (χ4n) is 3.14. The third-order valence-corrected chi connectivity index (χ3v) is 9.11. The van der Waals surface area contributed by atoms with Gasteiger partial charge in [-0.15, -0.1) is 0 Å². The number of benzene rings is 3. The van der Waals surface area contributed by atoms with E-state index in [2.05, 4.69) is 0 Å². The van der Waals surface area contributed by atoms with Crippen LogP contribution in [0.2, 0.25) is 0 Å². The second-order valence-corrected chi connectivity index (χ2v) is 11.4. The summed E-state index contributed by atoms with van der Waals surface area (Å²) >= 11 is 6.65. The van der Waals surface area contributed by atoms with Crippen LogP contribution in [0.4, 0.5) is 0 Å². The molecule has 0 fully saturated rings. The molecule has 0 spiro atoms. The molecule has 7 nitrogen and oxygen atoms in total. The van der Waals surface area contributed by atoms with Crippen LogP contribution in [-0.2, 0) is 14.1 Å². The van der Waals surface area contributed by atoms with Crippen molar-refractivity contribution in [1.82, 2.24) is 0 Å². The van der Waals surface area contributed by atoms with Crippen molar-refractivity contribution in [3.63, 3.8) is 0 Å². The second kappa shape index (κ2) is 10.4. The molecule has 0 aliphatic rings. The molecule has 0 amide bonds. The summed E-state index contributed by atoms with van der Waals surface area (Å²) in [6, 6.07) is 20.9. The number of aldehydes is 1. The van der Waals surface area contributed by atoms with E-state index in [0.29, 0.717) is 23.0 Å². The maximum absolute atomic E-state index is 12.7. The number of carbonyl (C=O) groups is 2. The molecule has 0 radical (unpaired) electrons. The Labute approximate surface area is 204 Å². The van der Waals surface area contributed by atoms with E-state index >= 15 is 0 Å².